The van der Waals surface area contributed by atoms with E-state index in [0.29, 0.717) is 0 Å². The minimum atomic E-state index is 1.15. The highest BCUT2D eigenvalue weighted by molar-refractivity contribution is 6.19. The zero-order valence-electron chi connectivity index (χ0n) is 30.7. The molecule has 0 radical (unpaired) electrons. The van der Waals surface area contributed by atoms with E-state index in [-0.39, 0.29) is 0 Å². The summed E-state index contributed by atoms with van der Waals surface area (Å²) in [5, 5.41) is 4.98. The molecule has 56 heavy (non-hydrogen) atoms. The van der Waals surface area contributed by atoms with Crippen molar-refractivity contribution in [1.82, 2.24) is 9.13 Å². The molecule has 0 saturated heterocycles. The van der Waals surface area contributed by atoms with Crippen LogP contribution in [-0.2, 0) is 0 Å². The molecule has 0 saturated carbocycles. The lowest BCUT2D eigenvalue weighted by Crippen LogP contribution is -1.95. The third kappa shape index (κ3) is 5.34. The molecule has 0 N–H and O–H groups in total. The van der Waals surface area contributed by atoms with E-state index in [2.05, 4.69) is 228 Å². The Morgan fingerprint density at radius 1 is 0.196 bits per heavy atom. The largest absolute Gasteiger partial charge is 0.309 e. The van der Waals surface area contributed by atoms with Crippen LogP contribution in [0.2, 0.25) is 0 Å². The molecule has 2 nitrogen and oxygen atoms in total. The average molecular weight is 713 g/mol. The zero-order valence-corrected chi connectivity index (χ0v) is 30.7. The van der Waals surface area contributed by atoms with Gasteiger partial charge in [0.1, 0.15) is 0 Å². The predicted molar refractivity (Wildman–Crippen MR) is 237 cm³/mol. The third-order valence-corrected chi connectivity index (χ3v) is 11.4. The Kier molecular flexibility index (Phi) is 7.53. The van der Waals surface area contributed by atoms with Gasteiger partial charge in [-0.3, -0.25) is 0 Å². The standard InChI is InChI=1S/C54H36N2/c1-3-11-37(12-4-1)39-19-23-41(24-20-39)43-27-31-45(32-28-43)55-51-17-9-7-15-47(51)49-36-54-50(35-53(49)55)48-16-8-10-18-52(48)56(54)46-33-29-44(30-34-46)42-25-21-40(22-26-42)38-13-5-2-6-14-38/h1-36H. The summed E-state index contributed by atoms with van der Waals surface area (Å²) < 4.78 is 4.85. The fraction of sp³-hybridized carbons (Fsp3) is 0. The Morgan fingerprint density at radius 2 is 0.464 bits per heavy atom. The van der Waals surface area contributed by atoms with Gasteiger partial charge in [-0.25, -0.2) is 0 Å². The quantitative estimate of drug-likeness (QED) is 0.162. The van der Waals surface area contributed by atoms with Crippen molar-refractivity contribution < 1.29 is 0 Å². The maximum atomic E-state index is 2.43. The lowest BCUT2D eigenvalue weighted by atomic mass is 10.0. The van der Waals surface area contributed by atoms with Crippen molar-refractivity contribution in [2.24, 2.45) is 0 Å². The first kappa shape index (κ1) is 32.0. The molecule has 9 aromatic carbocycles. The maximum Gasteiger partial charge on any atom is 0.0548 e. The van der Waals surface area contributed by atoms with Gasteiger partial charge < -0.3 is 9.13 Å². The Hall–Kier alpha value is -7.42. The first-order chi connectivity index (χ1) is 27.8. The lowest BCUT2D eigenvalue weighted by molar-refractivity contribution is 1.17. The van der Waals surface area contributed by atoms with Crippen LogP contribution < -0.4 is 0 Å². The van der Waals surface area contributed by atoms with Crippen LogP contribution in [0.4, 0.5) is 0 Å². The van der Waals surface area contributed by atoms with E-state index < -0.39 is 0 Å². The van der Waals surface area contributed by atoms with Crippen LogP contribution in [0.15, 0.2) is 218 Å². The predicted octanol–water partition coefficient (Wildman–Crippen LogP) is 14.5. The molecular formula is C54H36N2. The SMILES string of the molecule is c1ccc(-c2ccc(-c3ccc(-n4c5ccccc5c5cc6c(cc54)c4ccccc4n6-c4ccc(-c5ccc(-c6ccccc6)cc5)cc4)cc3)cc2)cc1. The van der Waals surface area contributed by atoms with E-state index in [1.54, 1.807) is 0 Å². The molecule has 0 unspecified atom stereocenters. The van der Waals surface area contributed by atoms with Crippen molar-refractivity contribution in [3.63, 3.8) is 0 Å². The molecule has 11 rings (SSSR count). The van der Waals surface area contributed by atoms with Crippen LogP contribution in [0.5, 0.6) is 0 Å². The van der Waals surface area contributed by atoms with Gasteiger partial charge >= 0.3 is 0 Å². The molecule has 0 spiro atoms. The van der Waals surface area contributed by atoms with E-state index in [4.69, 9.17) is 0 Å². The minimum absolute atomic E-state index is 1.15. The fourth-order valence-electron chi connectivity index (χ4n) is 8.56. The van der Waals surface area contributed by atoms with Crippen LogP contribution in [0.25, 0.3) is 99.5 Å². The fourth-order valence-corrected chi connectivity index (χ4v) is 8.56. The maximum absolute atomic E-state index is 2.43. The molecule has 0 aliphatic heterocycles. The zero-order chi connectivity index (χ0) is 37.0. The van der Waals surface area contributed by atoms with Crippen LogP contribution in [0.1, 0.15) is 0 Å². The number of benzene rings is 9. The number of fused-ring (bicyclic) bond motifs is 6. The van der Waals surface area contributed by atoms with E-state index in [9.17, 15) is 0 Å². The molecule has 262 valence electrons. The van der Waals surface area contributed by atoms with Crippen LogP contribution in [0.3, 0.4) is 0 Å². The summed E-state index contributed by atoms with van der Waals surface area (Å²) >= 11 is 0. The number of aromatic nitrogens is 2. The topological polar surface area (TPSA) is 9.86 Å². The molecule has 2 aromatic heterocycles. The van der Waals surface area contributed by atoms with Gasteiger partial charge in [0.25, 0.3) is 0 Å². The molecule has 0 bridgehead atoms. The lowest BCUT2D eigenvalue weighted by Gasteiger charge is -2.11. The van der Waals surface area contributed by atoms with E-state index in [1.807, 2.05) is 0 Å². The van der Waals surface area contributed by atoms with Crippen molar-refractivity contribution in [1.29, 1.82) is 0 Å². The van der Waals surface area contributed by atoms with Gasteiger partial charge in [0.15, 0.2) is 0 Å². The van der Waals surface area contributed by atoms with Crippen LogP contribution >= 0.6 is 0 Å². The monoisotopic (exact) mass is 712 g/mol. The van der Waals surface area contributed by atoms with E-state index in [0.717, 1.165) is 11.4 Å². The normalized spacial score (nSPS) is 11.6. The van der Waals surface area contributed by atoms with Crippen molar-refractivity contribution >= 4 is 43.6 Å². The summed E-state index contributed by atoms with van der Waals surface area (Å²) in [5.41, 5.74) is 16.9. The van der Waals surface area contributed by atoms with Crippen molar-refractivity contribution in [3.05, 3.63) is 218 Å². The highest BCUT2D eigenvalue weighted by atomic mass is 15.0. The summed E-state index contributed by atoms with van der Waals surface area (Å²) in [4.78, 5) is 0. The second-order valence-electron chi connectivity index (χ2n) is 14.6. The molecule has 2 heteroatoms. The third-order valence-electron chi connectivity index (χ3n) is 11.4. The molecule has 0 atom stereocenters. The Morgan fingerprint density at radius 3 is 0.804 bits per heavy atom. The number of hydrogen-bond donors (Lipinski definition) is 0. The molecule has 0 fully saturated rings. The molecule has 0 amide bonds. The summed E-state index contributed by atoms with van der Waals surface area (Å²) in [5.74, 6) is 0. The van der Waals surface area contributed by atoms with Gasteiger partial charge in [-0.2, -0.15) is 0 Å². The van der Waals surface area contributed by atoms with Gasteiger partial charge in [-0.05, 0) is 93.0 Å². The summed E-state index contributed by atoms with van der Waals surface area (Å²) in [6.07, 6.45) is 0. The summed E-state index contributed by atoms with van der Waals surface area (Å²) in [6.45, 7) is 0. The molecule has 0 aliphatic carbocycles. The van der Waals surface area contributed by atoms with Gasteiger partial charge in [0.05, 0.1) is 22.1 Å². The van der Waals surface area contributed by atoms with E-state index >= 15 is 0 Å². The van der Waals surface area contributed by atoms with Crippen molar-refractivity contribution in [2.75, 3.05) is 0 Å². The average Bonchev–Trinajstić information content (AvgIpc) is 3.78. The first-order valence-electron chi connectivity index (χ1n) is 19.3. The van der Waals surface area contributed by atoms with Gasteiger partial charge in [-0.1, -0.05) is 170 Å². The second-order valence-corrected chi connectivity index (χ2v) is 14.6. The Balaban J connectivity index is 0.996. The van der Waals surface area contributed by atoms with Crippen LogP contribution in [-0.4, -0.2) is 9.13 Å². The van der Waals surface area contributed by atoms with Crippen LogP contribution in [0, 0.1) is 0 Å². The summed E-state index contributed by atoms with van der Waals surface area (Å²) in [7, 11) is 0. The van der Waals surface area contributed by atoms with Crippen molar-refractivity contribution in [3.8, 4) is 55.9 Å². The first-order valence-corrected chi connectivity index (χ1v) is 19.3. The number of hydrogen-bond acceptors (Lipinski definition) is 0. The molecule has 11 aromatic rings. The Labute approximate surface area is 325 Å². The van der Waals surface area contributed by atoms with Crippen molar-refractivity contribution in [2.45, 2.75) is 0 Å². The highest BCUT2D eigenvalue weighted by Gasteiger charge is 2.18. The molecule has 2 heterocycles. The summed E-state index contributed by atoms with van der Waals surface area (Å²) in [6, 6.07) is 79.3. The minimum Gasteiger partial charge on any atom is -0.309 e. The Bertz CT molecular complexity index is 2950. The van der Waals surface area contributed by atoms with Gasteiger partial charge in [0.2, 0.25) is 0 Å². The smallest absolute Gasteiger partial charge is 0.0548 e. The van der Waals surface area contributed by atoms with Gasteiger partial charge in [-0.15, -0.1) is 0 Å². The molecular weight excluding hydrogens is 677 g/mol. The van der Waals surface area contributed by atoms with E-state index in [1.165, 1.54) is 88.1 Å². The van der Waals surface area contributed by atoms with Gasteiger partial charge in [0, 0.05) is 32.9 Å². The second kappa shape index (κ2) is 13.2. The highest BCUT2D eigenvalue weighted by Crippen LogP contribution is 2.40. The number of rotatable bonds is 6. The number of para-hydroxylation sites is 2. The molecule has 0 aliphatic rings. The number of nitrogens with zero attached hydrogens (tertiary/aromatic N) is 2.